The molecule has 102 valence electrons. The maximum absolute atomic E-state index is 11.7. The summed E-state index contributed by atoms with van der Waals surface area (Å²) in [6, 6.07) is 6.32. The van der Waals surface area contributed by atoms with Crippen LogP contribution in [0.5, 0.6) is 0 Å². The third kappa shape index (κ3) is 3.80. The van der Waals surface area contributed by atoms with Gasteiger partial charge < -0.3 is 14.9 Å². The lowest BCUT2D eigenvalue weighted by molar-refractivity contribution is -0.158. The lowest BCUT2D eigenvalue weighted by atomic mass is 10.1. The van der Waals surface area contributed by atoms with Crippen molar-refractivity contribution in [2.45, 2.75) is 20.0 Å². The highest BCUT2D eigenvalue weighted by Gasteiger charge is 2.33. The van der Waals surface area contributed by atoms with Gasteiger partial charge in [-0.2, -0.15) is 0 Å². The van der Waals surface area contributed by atoms with E-state index in [0.717, 1.165) is 5.56 Å². The maximum Gasteiger partial charge on any atom is 0.345 e. The Hall–Kier alpha value is -2.37. The molecule has 2 unspecified atom stereocenters. The maximum atomic E-state index is 11.7. The van der Waals surface area contributed by atoms with Crippen LogP contribution in [0.15, 0.2) is 24.3 Å². The van der Waals surface area contributed by atoms with Crippen LogP contribution in [-0.2, 0) is 14.3 Å². The molecule has 0 aliphatic carbocycles. The molecule has 0 radical (unpaired) electrons. The SMILES string of the molecule is Cc1ccc(C(=O)OC(C(=O)O)C(C)C(=O)O)cc1. The molecule has 19 heavy (non-hydrogen) atoms. The van der Waals surface area contributed by atoms with Crippen molar-refractivity contribution in [3.8, 4) is 0 Å². The summed E-state index contributed by atoms with van der Waals surface area (Å²) in [5.74, 6) is -5.02. The zero-order valence-electron chi connectivity index (χ0n) is 10.5. The lowest BCUT2D eigenvalue weighted by Crippen LogP contribution is -2.37. The molecule has 0 spiro atoms. The Morgan fingerprint density at radius 2 is 1.58 bits per heavy atom. The van der Waals surface area contributed by atoms with Crippen molar-refractivity contribution >= 4 is 17.9 Å². The normalized spacial score (nSPS) is 13.4. The number of carbonyl (C=O) groups excluding carboxylic acids is 1. The second-order valence-corrected chi connectivity index (χ2v) is 4.16. The topological polar surface area (TPSA) is 101 Å². The van der Waals surface area contributed by atoms with Gasteiger partial charge in [0.1, 0.15) is 5.92 Å². The van der Waals surface area contributed by atoms with Crippen LogP contribution in [0.4, 0.5) is 0 Å². The Bertz CT molecular complexity index is 490. The number of esters is 1. The van der Waals surface area contributed by atoms with Gasteiger partial charge in [-0.15, -0.1) is 0 Å². The first-order chi connectivity index (χ1) is 8.82. The Labute approximate surface area is 109 Å². The Balaban J connectivity index is 2.85. The fraction of sp³-hybridized carbons (Fsp3) is 0.308. The minimum absolute atomic E-state index is 0.175. The van der Waals surface area contributed by atoms with E-state index in [0.29, 0.717) is 0 Å². The summed E-state index contributed by atoms with van der Waals surface area (Å²) < 4.78 is 4.74. The van der Waals surface area contributed by atoms with E-state index in [9.17, 15) is 14.4 Å². The predicted molar refractivity (Wildman–Crippen MR) is 64.8 cm³/mol. The molecular formula is C13H14O6. The third-order valence-electron chi connectivity index (χ3n) is 2.61. The van der Waals surface area contributed by atoms with Crippen LogP contribution in [0.3, 0.4) is 0 Å². The molecular weight excluding hydrogens is 252 g/mol. The van der Waals surface area contributed by atoms with Crippen molar-refractivity contribution in [2.75, 3.05) is 0 Å². The highest BCUT2D eigenvalue weighted by atomic mass is 16.6. The summed E-state index contributed by atoms with van der Waals surface area (Å²) in [5.41, 5.74) is 1.11. The second-order valence-electron chi connectivity index (χ2n) is 4.16. The molecule has 1 rings (SSSR count). The number of carboxylic acids is 2. The largest absolute Gasteiger partial charge is 0.481 e. The van der Waals surface area contributed by atoms with E-state index in [2.05, 4.69) is 0 Å². The minimum atomic E-state index is -1.72. The van der Waals surface area contributed by atoms with E-state index in [1.807, 2.05) is 6.92 Å². The van der Waals surface area contributed by atoms with Gasteiger partial charge in [0.15, 0.2) is 0 Å². The fourth-order valence-electron chi connectivity index (χ4n) is 1.37. The van der Waals surface area contributed by atoms with Gasteiger partial charge in [-0.1, -0.05) is 17.7 Å². The summed E-state index contributed by atoms with van der Waals surface area (Å²) >= 11 is 0. The molecule has 0 heterocycles. The smallest absolute Gasteiger partial charge is 0.345 e. The number of hydrogen-bond donors (Lipinski definition) is 2. The monoisotopic (exact) mass is 266 g/mol. The van der Waals surface area contributed by atoms with Gasteiger partial charge in [0, 0.05) is 0 Å². The van der Waals surface area contributed by atoms with Gasteiger partial charge in [-0.25, -0.2) is 9.59 Å². The van der Waals surface area contributed by atoms with Crippen LogP contribution in [0, 0.1) is 12.8 Å². The summed E-state index contributed by atoms with van der Waals surface area (Å²) in [4.78, 5) is 33.4. The summed E-state index contributed by atoms with van der Waals surface area (Å²) in [6.07, 6.45) is -1.72. The van der Waals surface area contributed by atoms with Gasteiger partial charge in [0.05, 0.1) is 5.56 Å². The second kappa shape index (κ2) is 5.99. The summed E-state index contributed by atoms with van der Waals surface area (Å²) in [5, 5.41) is 17.7. The molecule has 1 aromatic carbocycles. The minimum Gasteiger partial charge on any atom is -0.481 e. The van der Waals surface area contributed by atoms with Gasteiger partial charge in [-0.3, -0.25) is 4.79 Å². The van der Waals surface area contributed by atoms with E-state index in [1.54, 1.807) is 12.1 Å². The van der Waals surface area contributed by atoms with Gasteiger partial charge in [0.2, 0.25) is 6.10 Å². The number of aryl methyl sites for hydroxylation is 1. The molecule has 0 saturated carbocycles. The van der Waals surface area contributed by atoms with Gasteiger partial charge in [-0.05, 0) is 26.0 Å². The molecule has 6 nitrogen and oxygen atoms in total. The first kappa shape index (κ1) is 14.7. The molecule has 0 amide bonds. The van der Waals surface area contributed by atoms with Crippen LogP contribution >= 0.6 is 0 Å². The van der Waals surface area contributed by atoms with Gasteiger partial charge in [0.25, 0.3) is 0 Å². The number of carbonyl (C=O) groups is 3. The summed E-state index contributed by atoms with van der Waals surface area (Å²) in [7, 11) is 0. The van der Waals surface area contributed by atoms with Crippen molar-refractivity contribution in [1.82, 2.24) is 0 Å². The van der Waals surface area contributed by atoms with Crippen molar-refractivity contribution in [3.05, 3.63) is 35.4 Å². The lowest BCUT2D eigenvalue weighted by Gasteiger charge is -2.17. The number of aliphatic carboxylic acids is 2. The molecule has 0 aromatic heterocycles. The van der Waals surface area contributed by atoms with Crippen molar-refractivity contribution in [2.24, 2.45) is 5.92 Å². The first-order valence-corrected chi connectivity index (χ1v) is 5.56. The van der Waals surface area contributed by atoms with Crippen molar-refractivity contribution in [3.63, 3.8) is 0 Å². The van der Waals surface area contributed by atoms with E-state index in [4.69, 9.17) is 14.9 Å². The quantitative estimate of drug-likeness (QED) is 0.779. The molecule has 0 saturated heterocycles. The zero-order chi connectivity index (χ0) is 14.6. The van der Waals surface area contributed by atoms with Crippen LogP contribution < -0.4 is 0 Å². The van der Waals surface area contributed by atoms with E-state index in [1.165, 1.54) is 19.1 Å². The molecule has 0 aliphatic rings. The van der Waals surface area contributed by atoms with Crippen molar-refractivity contribution in [1.29, 1.82) is 0 Å². The third-order valence-corrected chi connectivity index (χ3v) is 2.61. The van der Waals surface area contributed by atoms with Crippen molar-refractivity contribution < 1.29 is 29.3 Å². The highest BCUT2D eigenvalue weighted by Crippen LogP contribution is 2.12. The molecule has 0 bridgehead atoms. The van der Waals surface area contributed by atoms with Crippen LogP contribution in [0.2, 0.25) is 0 Å². The Morgan fingerprint density at radius 1 is 1.05 bits per heavy atom. The zero-order valence-corrected chi connectivity index (χ0v) is 10.5. The Kier molecular flexibility index (Phi) is 4.63. The standard InChI is InChI=1S/C13H14O6/c1-7-3-5-9(6-4-7)13(18)19-10(12(16)17)8(2)11(14)15/h3-6,8,10H,1-2H3,(H,14,15)(H,16,17). The number of ether oxygens (including phenoxy) is 1. The fourth-order valence-corrected chi connectivity index (χ4v) is 1.37. The average Bonchev–Trinajstić information content (AvgIpc) is 2.35. The van der Waals surface area contributed by atoms with Gasteiger partial charge >= 0.3 is 17.9 Å². The average molecular weight is 266 g/mol. The molecule has 2 N–H and O–H groups in total. The molecule has 0 fully saturated rings. The van der Waals surface area contributed by atoms with E-state index in [-0.39, 0.29) is 5.56 Å². The predicted octanol–water partition coefficient (Wildman–Crippen LogP) is 1.33. The molecule has 0 aliphatic heterocycles. The number of rotatable bonds is 5. The van der Waals surface area contributed by atoms with Crippen LogP contribution in [-0.4, -0.2) is 34.2 Å². The highest BCUT2D eigenvalue weighted by molar-refractivity contribution is 5.92. The van der Waals surface area contributed by atoms with Crippen LogP contribution in [0.1, 0.15) is 22.8 Å². The number of hydrogen-bond acceptors (Lipinski definition) is 4. The molecule has 2 atom stereocenters. The Morgan fingerprint density at radius 3 is 2.00 bits per heavy atom. The summed E-state index contributed by atoms with van der Waals surface area (Å²) in [6.45, 7) is 3.01. The molecule has 6 heteroatoms. The van der Waals surface area contributed by atoms with Crippen LogP contribution in [0.25, 0.3) is 0 Å². The number of carboxylic acid groups (broad SMARTS) is 2. The molecule has 1 aromatic rings. The first-order valence-electron chi connectivity index (χ1n) is 5.56. The number of benzene rings is 1. The van der Waals surface area contributed by atoms with E-state index >= 15 is 0 Å². The van der Waals surface area contributed by atoms with E-state index < -0.39 is 29.9 Å².